The predicted molar refractivity (Wildman–Crippen MR) is 43.9 cm³/mol. The second kappa shape index (κ2) is 4.69. The minimum Gasteiger partial charge on any atom is -0.380 e. The quantitative estimate of drug-likeness (QED) is 0.607. The van der Waals surface area contributed by atoms with Crippen LogP contribution in [0.2, 0.25) is 0 Å². The first-order valence-electron chi connectivity index (χ1n) is 3.84. The molecule has 2 heteroatoms. The van der Waals surface area contributed by atoms with Crippen molar-refractivity contribution in [1.82, 2.24) is 0 Å². The lowest BCUT2D eigenvalue weighted by atomic mass is 9.93. The minimum atomic E-state index is 0.384. The first kappa shape index (κ1) is 9.92. The summed E-state index contributed by atoms with van der Waals surface area (Å²) in [6.07, 6.45) is 1.10. The third-order valence-corrected chi connectivity index (χ3v) is 1.26. The SMILES string of the molecule is CC(C)(C)CCOCCN. The van der Waals surface area contributed by atoms with Crippen molar-refractivity contribution in [2.75, 3.05) is 19.8 Å². The lowest BCUT2D eigenvalue weighted by Crippen LogP contribution is -2.13. The summed E-state index contributed by atoms with van der Waals surface area (Å²) in [5.74, 6) is 0. The van der Waals surface area contributed by atoms with E-state index in [-0.39, 0.29) is 0 Å². The van der Waals surface area contributed by atoms with Crippen molar-refractivity contribution >= 4 is 0 Å². The Kier molecular flexibility index (Phi) is 4.65. The van der Waals surface area contributed by atoms with Gasteiger partial charge in [0.2, 0.25) is 0 Å². The Morgan fingerprint density at radius 2 is 1.80 bits per heavy atom. The summed E-state index contributed by atoms with van der Waals surface area (Å²) in [5.41, 5.74) is 5.64. The van der Waals surface area contributed by atoms with Crippen LogP contribution in [0, 0.1) is 5.41 Å². The van der Waals surface area contributed by atoms with Gasteiger partial charge in [0.05, 0.1) is 6.61 Å². The Balaban J connectivity index is 3.04. The van der Waals surface area contributed by atoms with Crippen LogP contribution < -0.4 is 5.73 Å². The fraction of sp³-hybridized carbons (Fsp3) is 1.00. The van der Waals surface area contributed by atoms with Crippen LogP contribution in [0.4, 0.5) is 0 Å². The molecule has 0 rings (SSSR count). The maximum Gasteiger partial charge on any atom is 0.0588 e. The molecule has 0 aliphatic rings. The third-order valence-electron chi connectivity index (χ3n) is 1.26. The number of nitrogens with two attached hydrogens (primary N) is 1. The molecule has 0 aliphatic carbocycles. The summed E-state index contributed by atoms with van der Waals surface area (Å²) >= 11 is 0. The van der Waals surface area contributed by atoms with Gasteiger partial charge in [0.25, 0.3) is 0 Å². The van der Waals surface area contributed by atoms with Gasteiger partial charge in [0, 0.05) is 13.2 Å². The van der Waals surface area contributed by atoms with Crippen LogP contribution in [0.3, 0.4) is 0 Å². The molecule has 2 nitrogen and oxygen atoms in total. The zero-order valence-corrected chi connectivity index (χ0v) is 7.31. The summed E-state index contributed by atoms with van der Waals surface area (Å²) in [6.45, 7) is 8.78. The second-order valence-corrected chi connectivity index (χ2v) is 3.71. The first-order valence-corrected chi connectivity index (χ1v) is 3.84. The fourth-order valence-corrected chi connectivity index (χ4v) is 0.564. The van der Waals surface area contributed by atoms with Gasteiger partial charge in [0.15, 0.2) is 0 Å². The normalized spacial score (nSPS) is 12.0. The average molecular weight is 145 g/mol. The molecular formula is C8H19NO. The Morgan fingerprint density at radius 1 is 1.20 bits per heavy atom. The highest BCUT2D eigenvalue weighted by molar-refractivity contribution is 4.59. The van der Waals surface area contributed by atoms with Gasteiger partial charge in [-0.25, -0.2) is 0 Å². The maximum atomic E-state index is 5.25. The number of ether oxygens (including phenoxy) is 1. The first-order chi connectivity index (χ1) is 4.56. The van der Waals surface area contributed by atoms with Crippen LogP contribution in [0.25, 0.3) is 0 Å². The molecule has 0 heterocycles. The van der Waals surface area contributed by atoms with Gasteiger partial charge in [-0.15, -0.1) is 0 Å². The van der Waals surface area contributed by atoms with Crippen LogP contribution in [0.5, 0.6) is 0 Å². The molecule has 0 saturated carbocycles. The Morgan fingerprint density at radius 3 is 2.20 bits per heavy atom. The fourth-order valence-electron chi connectivity index (χ4n) is 0.564. The second-order valence-electron chi connectivity index (χ2n) is 3.71. The van der Waals surface area contributed by atoms with E-state index < -0.39 is 0 Å². The molecule has 0 spiro atoms. The molecule has 0 atom stereocenters. The summed E-state index contributed by atoms with van der Waals surface area (Å²) in [6, 6.07) is 0. The van der Waals surface area contributed by atoms with E-state index in [0.717, 1.165) is 13.0 Å². The molecule has 0 fully saturated rings. The molecule has 10 heavy (non-hydrogen) atoms. The topological polar surface area (TPSA) is 35.2 Å². The van der Waals surface area contributed by atoms with Gasteiger partial charge >= 0.3 is 0 Å². The van der Waals surface area contributed by atoms with Gasteiger partial charge < -0.3 is 10.5 Å². The molecule has 0 bridgehead atoms. The van der Waals surface area contributed by atoms with Gasteiger partial charge in [0.1, 0.15) is 0 Å². The molecular weight excluding hydrogens is 126 g/mol. The Hall–Kier alpha value is -0.0800. The van der Waals surface area contributed by atoms with Crippen LogP contribution in [-0.2, 0) is 4.74 Å². The number of rotatable bonds is 4. The molecule has 0 amide bonds. The highest BCUT2D eigenvalue weighted by atomic mass is 16.5. The van der Waals surface area contributed by atoms with Crippen molar-refractivity contribution in [1.29, 1.82) is 0 Å². The summed E-state index contributed by atoms with van der Waals surface area (Å²) in [7, 11) is 0. The standard InChI is InChI=1S/C8H19NO/c1-8(2,3)4-6-10-7-5-9/h4-7,9H2,1-3H3. The van der Waals surface area contributed by atoms with Gasteiger partial charge in [-0.1, -0.05) is 20.8 Å². The number of hydrogen-bond acceptors (Lipinski definition) is 2. The monoisotopic (exact) mass is 145 g/mol. The van der Waals surface area contributed by atoms with Crippen molar-refractivity contribution in [3.05, 3.63) is 0 Å². The smallest absolute Gasteiger partial charge is 0.0588 e. The van der Waals surface area contributed by atoms with E-state index in [1.54, 1.807) is 0 Å². The molecule has 0 aromatic rings. The summed E-state index contributed by atoms with van der Waals surface area (Å²) in [4.78, 5) is 0. The van der Waals surface area contributed by atoms with Crippen LogP contribution in [0.1, 0.15) is 27.2 Å². The molecule has 0 saturated heterocycles. The van der Waals surface area contributed by atoms with E-state index in [9.17, 15) is 0 Å². The van der Waals surface area contributed by atoms with Crippen molar-refractivity contribution in [3.63, 3.8) is 0 Å². The van der Waals surface area contributed by atoms with E-state index >= 15 is 0 Å². The number of hydrogen-bond donors (Lipinski definition) is 1. The molecule has 0 radical (unpaired) electrons. The van der Waals surface area contributed by atoms with E-state index in [4.69, 9.17) is 10.5 Å². The lowest BCUT2D eigenvalue weighted by molar-refractivity contribution is 0.114. The molecule has 62 valence electrons. The van der Waals surface area contributed by atoms with Gasteiger partial charge in [-0.05, 0) is 11.8 Å². The predicted octanol–water partition coefficient (Wildman–Crippen LogP) is 1.40. The van der Waals surface area contributed by atoms with Gasteiger partial charge in [-0.3, -0.25) is 0 Å². The molecule has 0 aliphatic heterocycles. The Labute approximate surface area is 63.7 Å². The van der Waals surface area contributed by atoms with E-state index in [2.05, 4.69) is 20.8 Å². The molecule has 0 unspecified atom stereocenters. The highest BCUT2D eigenvalue weighted by Gasteiger charge is 2.08. The van der Waals surface area contributed by atoms with E-state index in [1.165, 1.54) is 0 Å². The lowest BCUT2D eigenvalue weighted by Gasteiger charge is -2.17. The van der Waals surface area contributed by atoms with Crippen molar-refractivity contribution in [2.45, 2.75) is 27.2 Å². The molecule has 2 N–H and O–H groups in total. The zero-order chi connectivity index (χ0) is 8.04. The minimum absolute atomic E-state index is 0.384. The maximum absolute atomic E-state index is 5.25. The van der Waals surface area contributed by atoms with E-state index in [1.807, 2.05) is 0 Å². The van der Waals surface area contributed by atoms with Crippen molar-refractivity contribution in [3.8, 4) is 0 Å². The molecule has 0 aromatic carbocycles. The van der Waals surface area contributed by atoms with Gasteiger partial charge in [-0.2, -0.15) is 0 Å². The van der Waals surface area contributed by atoms with Crippen molar-refractivity contribution < 1.29 is 4.74 Å². The van der Waals surface area contributed by atoms with Crippen LogP contribution in [-0.4, -0.2) is 19.8 Å². The summed E-state index contributed by atoms with van der Waals surface area (Å²) < 4.78 is 5.23. The average Bonchev–Trinajstić information content (AvgIpc) is 1.78. The largest absolute Gasteiger partial charge is 0.380 e. The van der Waals surface area contributed by atoms with Crippen LogP contribution in [0.15, 0.2) is 0 Å². The van der Waals surface area contributed by atoms with E-state index in [0.29, 0.717) is 18.6 Å². The van der Waals surface area contributed by atoms with Crippen LogP contribution >= 0.6 is 0 Å². The van der Waals surface area contributed by atoms with Crippen molar-refractivity contribution in [2.24, 2.45) is 11.1 Å². The third kappa shape index (κ3) is 7.92. The highest BCUT2D eigenvalue weighted by Crippen LogP contribution is 2.17. The zero-order valence-electron chi connectivity index (χ0n) is 7.31. The Bertz CT molecular complexity index is 75.8. The molecule has 0 aromatic heterocycles. The summed E-state index contributed by atoms with van der Waals surface area (Å²) in [5, 5.41) is 0.